The summed E-state index contributed by atoms with van der Waals surface area (Å²) in [6.45, 7) is 2.20. The molecule has 110 valence electrons. The van der Waals surface area contributed by atoms with E-state index < -0.39 is 20.0 Å². The second-order valence-electron chi connectivity index (χ2n) is 3.94. The molecule has 2 N–H and O–H groups in total. The van der Waals surface area contributed by atoms with Crippen LogP contribution in [0, 0.1) is 6.92 Å². The molecule has 6 nitrogen and oxygen atoms in total. The lowest BCUT2D eigenvalue weighted by molar-refractivity contribution is 0.576. The van der Waals surface area contributed by atoms with Gasteiger partial charge in [0.25, 0.3) is 0 Å². The first-order valence-electron chi connectivity index (χ1n) is 5.32. The monoisotopic (exact) mass is 390 g/mol. The summed E-state index contributed by atoms with van der Waals surface area (Å²) >= 11 is 4.42. The van der Waals surface area contributed by atoms with E-state index in [9.17, 15) is 16.8 Å². The van der Waals surface area contributed by atoms with Gasteiger partial charge in [-0.1, -0.05) is 0 Å². The molecule has 1 aromatic heterocycles. The summed E-state index contributed by atoms with van der Waals surface area (Å²) in [7, 11) is -6.74. The highest BCUT2D eigenvalue weighted by Gasteiger charge is 2.17. The van der Waals surface area contributed by atoms with Crippen molar-refractivity contribution < 1.29 is 16.8 Å². The number of aryl methyl sites for hydroxylation is 1. The molecule has 0 fully saturated rings. The normalized spacial score (nSPS) is 12.8. The molecule has 0 unspecified atom stereocenters. The maximum Gasteiger partial charge on any atom is 0.250 e. The Morgan fingerprint density at radius 2 is 1.79 bits per heavy atom. The standard InChI is InChI=1S/C9H15BrN2O4S3/c1-7-6-8(17-9(7)10)19(15,16)12-5-3-4-11-18(2,13)14/h6,11-12H,3-5H2,1-2H3. The SMILES string of the molecule is Cc1cc(S(=O)(=O)NCCCNS(C)(=O)=O)sc1Br. The Morgan fingerprint density at radius 3 is 2.26 bits per heavy atom. The van der Waals surface area contributed by atoms with Crippen LogP contribution in [-0.4, -0.2) is 36.2 Å². The second kappa shape index (κ2) is 6.64. The van der Waals surface area contributed by atoms with Gasteiger partial charge < -0.3 is 0 Å². The number of sulfonamides is 2. The first-order valence-corrected chi connectivity index (χ1v) is 10.3. The topological polar surface area (TPSA) is 92.3 Å². The van der Waals surface area contributed by atoms with Crippen molar-refractivity contribution in [3.63, 3.8) is 0 Å². The van der Waals surface area contributed by atoms with Crippen molar-refractivity contribution in [2.75, 3.05) is 19.3 Å². The molecular formula is C9H15BrN2O4S3. The van der Waals surface area contributed by atoms with Gasteiger partial charge in [-0.2, -0.15) is 0 Å². The molecule has 0 bridgehead atoms. The van der Waals surface area contributed by atoms with Gasteiger partial charge >= 0.3 is 0 Å². The molecule has 0 aliphatic heterocycles. The zero-order valence-electron chi connectivity index (χ0n) is 10.4. The smallest absolute Gasteiger partial charge is 0.215 e. The molecule has 0 saturated carbocycles. The molecule has 1 aromatic rings. The van der Waals surface area contributed by atoms with E-state index in [0.29, 0.717) is 6.42 Å². The van der Waals surface area contributed by atoms with Crippen LogP contribution >= 0.6 is 27.3 Å². The van der Waals surface area contributed by atoms with Gasteiger partial charge in [0.15, 0.2) is 0 Å². The quantitative estimate of drug-likeness (QED) is 0.680. The van der Waals surface area contributed by atoms with Crippen molar-refractivity contribution in [3.05, 3.63) is 15.4 Å². The molecule has 0 aromatic carbocycles. The third kappa shape index (κ3) is 5.88. The lowest BCUT2D eigenvalue weighted by Gasteiger charge is -2.05. The van der Waals surface area contributed by atoms with Crippen molar-refractivity contribution in [1.29, 1.82) is 0 Å². The summed E-state index contributed by atoms with van der Waals surface area (Å²) in [5.74, 6) is 0. The van der Waals surface area contributed by atoms with Crippen LogP contribution < -0.4 is 9.44 Å². The largest absolute Gasteiger partial charge is 0.250 e. The van der Waals surface area contributed by atoms with E-state index in [1.165, 1.54) is 0 Å². The Labute approximate surface area is 125 Å². The maximum absolute atomic E-state index is 11.9. The van der Waals surface area contributed by atoms with E-state index in [-0.39, 0.29) is 17.3 Å². The highest BCUT2D eigenvalue weighted by atomic mass is 79.9. The van der Waals surface area contributed by atoms with Crippen LogP contribution in [0.2, 0.25) is 0 Å². The summed E-state index contributed by atoms with van der Waals surface area (Å²) in [6.07, 6.45) is 1.45. The van der Waals surface area contributed by atoms with Crippen LogP contribution in [0.4, 0.5) is 0 Å². The van der Waals surface area contributed by atoms with Crippen molar-refractivity contribution in [3.8, 4) is 0 Å². The molecule has 1 rings (SSSR count). The summed E-state index contributed by atoms with van der Waals surface area (Å²) in [4.78, 5) is 0. The third-order valence-corrected chi connectivity index (χ3v) is 6.91. The van der Waals surface area contributed by atoms with Crippen LogP contribution in [-0.2, 0) is 20.0 Å². The fourth-order valence-corrected chi connectivity index (χ4v) is 5.05. The highest BCUT2D eigenvalue weighted by Crippen LogP contribution is 2.30. The van der Waals surface area contributed by atoms with Crippen LogP contribution in [0.3, 0.4) is 0 Å². The van der Waals surface area contributed by atoms with Gasteiger partial charge in [0.05, 0.1) is 10.0 Å². The minimum absolute atomic E-state index is 0.180. The van der Waals surface area contributed by atoms with E-state index >= 15 is 0 Å². The summed E-state index contributed by atoms with van der Waals surface area (Å²) in [6, 6.07) is 1.59. The summed E-state index contributed by atoms with van der Waals surface area (Å²) < 4.78 is 51.1. The average Bonchev–Trinajstić information content (AvgIpc) is 2.58. The summed E-state index contributed by atoms with van der Waals surface area (Å²) in [5.41, 5.74) is 0.865. The number of nitrogens with one attached hydrogen (secondary N) is 2. The Kier molecular flexibility index (Phi) is 5.96. The Morgan fingerprint density at radius 1 is 1.21 bits per heavy atom. The van der Waals surface area contributed by atoms with Crippen LogP contribution in [0.15, 0.2) is 14.1 Å². The van der Waals surface area contributed by atoms with Gasteiger partial charge in [-0.05, 0) is 40.9 Å². The molecule has 10 heteroatoms. The zero-order chi connectivity index (χ0) is 14.7. The number of rotatable bonds is 7. The molecule has 0 aliphatic rings. The number of thiophene rings is 1. The Hall–Kier alpha value is -0.000000000000000111. The second-order valence-corrected chi connectivity index (χ2v) is 10.1. The lowest BCUT2D eigenvalue weighted by atomic mass is 10.4. The van der Waals surface area contributed by atoms with E-state index in [1.54, 1.807) is 6.07 Å². The fourth-order valence-electron chi connectivity index (χ4n) is 1.19. The average molecular weight is 391 g/mol. The van der Waals surface area contributed by atoms with E-state index in [1.807, 2.05) is 6.92 Å². The van der Waals surface area contributed by atoms with Crippen LogP contribution in [0.25, 0.3) is 0 Å². The third-order valence-electron chi connectivity index (χ3n) is 2.11. The molecule has 0 amide bonds. The Bertz CT molecular complexity index is 617. The van der Waals surface area contributed by atoms with Crippen molar-refractivity contribution in [2.45, 2.75) is 17.6 Å². The fraction of sp³-hybridized carbons (Fsp3) is 0.556. The number of hydrogen-bond donors (Lipinski definition) is 2. The lowest BCUT2D eigenvalue weighted by Crippen LogP contribution is -2.29. The number of halogens is 1. The van der Waals surface area contributed by atoms with E-state index in [2.05, 4.69) is 25.4 Å². The molecule has 0 spiro atoms. The van der Waals surface area contributed by atoms with Gasteiger partial charge in [-0.3, -0.25) is 0 Å². The van der Waals surface area contributed by atoms with Crippen molar-refractivity contribution in [2.24, 2.45) is 0 Å². The maximum atomic E-state index is 11.9. The molecular weight excluding hydrogens is 376 g/mol. The van der Waals surface area contributed by atoms with Gasteiger partial charge in [-0.15, -0.1) is 11.3 Å². The van der Waals surface area contributed by atoms with Gasteiger partial charge in [-0.25, -0.2) is 26.3 Å². The molecule has 1 heterocycles. The number of hydrogen-bond acceptors (Lipinski definition) is 5. The zero-order valence-corrected chi connectivity index (χ0v) is 14.5. The minimum atomic E-state index is -3.52. The van der Waals surface area contributed by atoms with Crippen molar-refractivity contribution in [1.82, 2.24) is 9.44 Å². The molecule has 0 atom stereocenters. The van der Waals surface area contributed by atoms with Crippen molar-refractivity contribution >= 4 is 47.3 Å². The van der Waals surface area contributed by atoms with Crippen LogP contribution in [0.5, 0.6) is 0 Å². The van der Waals surface area contributed by atoms with Gasteiger partial charge in [0, 0.05) is 13.1 Å². The predicted molar refractivity (Wildman–Crippen MR) is 79.4 cm³/mol. The first-order chi connectivity index (χ1) is 8.62. The van der Waals surface area contributed by atoms with Crippen LogP contribution in [0.1, 0.15) is 12.0 Å². The van der Waals surface area contributed by atoms with E-state index in [0.717, 1.165) is 26.9 Å². The van der Waals surface area contributed by atoms with Gasteiger partial charge in [0.1, 0.15) is 4.21 Å². The summed E-state index contributed by atoms with van der Waals surface area (Å²) in [5, 5.41) is 0. The van der Waals surface area contributed by atoms with E-state index in [4.69, 9.17) is 0 Å². The Balaban J connectivity index is 2.48. The molecule has 0 saturated heterocycles. The molecule has 0 radical (unpaired) electrons. The first kappa shape index (κ1) is 17.1. The predicted octanol–water partition coefficient (Wildman–Crippen LogP) is 1.04. The molecule has 0 aliphatic carbocycles. The highest BCUT2D eigenvalue weighted by molar-refractivity contribution is 9.11. The minimum Gasteiger partial charge on any atom is -0.215 e. The van der Waals surface area contributed by atoms with Gasteiger partial charge in [0.2, 0.25) is 20.0 Å². The molecule has 19 heavy (non-hydrogen) atoms.